The minimum Gasteiger partial charge on any atom is -0.486 e. The third-order valence-electron chi connectivity index (χ3n) is 2.54. The number of benzene rings is 2. The van der Waals surface area contributed by atoms with Gasteiger partial charge in [-0.25, -0.2) is 4.39 Å². The van der Waals surface area contributed by atoms with Crippen molar-refractivity contribution >= 4 is 40.4 Å². The summed E-state index contributed by atoms with van der Waals surface area (Å²) in [5.74, 6) is -0.0730. The topological polar surface area (TPSA) is 35.2 Å². The Hall–Kier alpha value is -1.36. The van der Waals surface area contributed by atoms with E-state index in [2.05, 4.69) is 0 Å². The molecule has 2 aromatic carbocycles. The maximum Gasteiger partial charge on any atom is 0.156 e. The third-order valence-corrected chi connectivity index (χ3v) is 3.38. The summed E-state index contributed by atoms with van der Waals surface area (Å²) < 4.78 is 19.0. The molecule has 0 saturated heterocycles. The minimum atomic E-state index is -0.431. The molecule has 2 N–H and O–H groups in total. The van der Waals surface area contributed by atoms with E-state index in [0.717, 1.165) is 0 Å². The summed E-state index contributed by atoms with van der Waals surface area (Å²) in [6.07, 6.45) is 0. The molecule has 2 nitrogen and oxygen atoms in total. The monoisotopic (exact) mass is 329 g/mol. The lowest BCUT2D eigenvalue weighted by Crippen LogP contribution is -2.10. The highest BCUT2D eigenvalue weighted by molar-refractivity contribution is 7.80. The van der Waals surface area contributed by atoms with Gasteiger partial charge in [0.25, 0.3) is 0 Å². The number of thiocarbonyl (C=S) groups is 1. The van der Waals surface area contributed by atoms with E-state index in [-0.39, 0.29) is 11.6 Å². The van der Waals surface area contributed by atoms with Crippen molar-refractivity contribution in [3.05, 3.63) is 63.4 Å². The smallest absolute Gasteiger partial charge is 0.156 e. The molecule has 0 aliphatic rings. The van der Waals surface area contributed by atoms with Gasteiger partial charge in [0, 0.05) is 5.56 Å². The van der Waals surface area contributed by atoms with Crippen molar-refractivity contribution in [2.75, 3.05) is 0 Å². The first-order chi connectivity index (χ1) is 9.47. The highest BCUT2D eigenvalue weighted by Crippen LogP contribution is 2.32. The van der Waals surface area contributed by atoms with Crippen LogP contribution in [-0.2, 0) is 6.61 Å². The van der Waals surface area contributed by atoms with Gasteiger partial charge in [-0.2, -0.15) is 0 Å². The van der Waals surface area contributed by atoms with Gasteiger partial charge in [-0.3, -0.25) is 0 Å². The average Bonchev–Trinajstić information content (AvgIpc) is 2.37. The fraction of sp³-hybridized carbons (Fsp3) is 0.0714. The van der Waals surface area contributed by atoms with Crippen molar-refractivity contribution in [3.63, 3.8) is 0 Å². The summed E-state index contributed by atoms with van der Waals surface area (Å²) in [5.41, 5.74) is 6.52. The van der Waals surface area contributed by atoms with Crippen molar-refractivity contribution in [2.45, 2.75) is 6.61 Å². The molecule has 2 rings (SSSR count). The standard InChI is InChI=1S/C14H10Cl2FNOS/c15-11-2-1-3-12(16)13(11)19-7-8-4-9(14(18)20)6-10(17)5-8/h1-6H,7H2,(H2,18,20). The molecule has 0 atom stereocenters. The Bertz CT molecular complexity index is 643. The van der Waals surface area contributed by atoms with Gasteiger partial charge in [0.15, 0.2) is 5.75 Å². The number of rotatable bonds is 4. The van der Waals surface area contributed by atoms with Gasteiger partial charge in [0.2, 0.25) is 0 Å². The van der Waals surface area contributed by atoms with Gasteiger partial charge in [-0.1, -0.05) is 41.5 Å². The molecule has 0 saturated carbocycles. The number of halogens is 3. The van der Waals surface area contributed by atoms with Gasteiger partial charge >= 0.3 is 0 Å². The second-order valence-corrected chi connectivity index (χ2v) is 5.31. The predicted octanol–water partition coefficient (Wildman–Crippen LogP) is 4.35. The molecule has 0 bridgehead atoms. The Morgan fingerprint density at radius 3 is 2.45 bits per heavy atom. The van der Waals surface area contributed by atoms with Crippen molar-refractivity contribution in [3.8, 4) is 5.75 Å². The zero-order valence-electron chi connectivity index (χ0n) is 10.2. The summed E-state index contributed by atoms with van der Waals surface area (Å²) >= 11 is 16.8. The maximum absolute atomic E-state index is 13.4. The summed E-state index contributed by atoms with van der Waals surface area (Å²) in [4.78, 5) is 0.126. The fourth-order valence-corrected chi connectivity index (χ4v) is 2.28. The first-order valence-corrected chi connectivity index (χ1v) is 6.80. The third kappa shape index (κ3) is 3.60. The van der Waals surface area contributed by atoms with Gasteiger partial charge in [-0.15, -0.1) is 0 Å². The maximum atomic E-state index is 13.4. The van der Waals surface area contributed by atoms with Gasteiger partial charge in [0.1, 0.15) is 17.4 Å². The van der Waals surface area contributed by atoms with E-state index in [1.165, 1.54) is 12.1 Å². The average molecular weight is 330 g/mol. The molecule has 0 aliphatic carbocycles. The van der Waals surface area contributed by atoms with Crippen LogP contribution in [0.3, 0.4) is 0 Å². The molecule has 0 heterocycles. The van der Waals surface area contributed by atoms with Crippen molar-refractivity contribution < 1.29 is 9.13 Å². The minimum absolute atomic E-state index is 0.108. The van der Waals surface area contributed by atoms with E-state index in [4.69, 9.17) is 45.9 Å². The quantitative estimate of drug-likeness (QED) is 0.847. The Kier molecular flexibility index (Phi) is 4.81. The van der Waals surface area contributed by atoms with Crippen LogP contribution in [0, 0.1) is 5.82 Å². The van der Waals surface area contributed by atoms with Gasteiger partial charge in [-0.05, 0) is 35.9 Å². The lowest BCUT2D eigenvalue weighted by molar-refractivity contribution is 0.306. The molecule has 2 aromatic rings. The first kappa shape index (κ1) is 15.0. The van der Waals surface area contributed by atoms with Crippen LogP contribution < -0.4 is 10.5 Å². The highest BCUT2D eigenvalue weighted by atomic mass is 35.5. The molecule has 20 heavy (non-hydrogen) atoms. The molecule has 0 radical (unpaired) electrons. The second kappa shape index (κ2) is 6.39. The molecule has 0 unspecified atom stereocenters. The van der Waals surface area contributed by atoms with Crippen molar-refractivity contribution in [2.24, 2.45) is 5.73 Å². The normalized spacial score (nSPS) is 10.3. The second-order valence-electron chi connectivity index (χ2n) is 4.05. The van der Waals surface area contributed by atoms with E-state index in [1.54, 1.807) is 24.3 Å². The predicted molar refractivity (Wildman–Crippen MR) is 83.1 cm³/mol. The molecular weight excluding hydrogens is 320 g/mol. The number of para-hydroxylation sites is 1. The Morgan fingerprint density at radius 1 is 1.20 bits per heavy atom. The number of hydrogen-bond acceptors (Lipinski definition) is 2. The zero-order chi connectivity index (χ0) is 14.7. The van der Waals surface area contributed by atoms with Crippen LogP contribution in [0.1, 0.15) is 11.1 Å². The van der Waals surface area contributed by atoms with E-state index in [1.807, 2.05) is 0 Å². The van der Waals surface area contributed by atoms with E-state index in [0.29, 0.717) is 26.9 Å². The lowest BCUT2D eigenvalue weighted by Gasteiger charge is -2.10. The van der Waals surface area contributed by atoms with Crippen LogP contribution >= 0.6 is 35.4 Å². The summed E-state index contributed by atoms with van der Waals surface area (Å²) in [6.45, 7) is 0.108. The van der Waals surface area contributed by atoms with Crippen molar-refractivity contribution in [1.29, 1.82) is 0 Å². The SMILES string of the molecule is NC(=S)c1cc(F)cc(COc2c(Cl)cccc2Cl)c1. The summed E-state index contributed by atoms with van der Waals surface area (Å²) in [6, 6.07) is 9.31. The Balaban J connectivity index is 2.21. The van der Waals surface area contributed by atoms with Crippen LogP contribution in [0.4, 0.5) is 4.39 Å². The van der Waals surface area contributed by atoms with Crippen molar-refractivity contribution in [1.82, 2.24) is 0 Å². The van der Waals surface area contributed by atoms with Gasteiger partial charge in [0.05, 0.1) is 10.0 Å². The van der Waals surface area contributed by atoms with E-state index >= 15 is 0 Å². The number of nitrogens with two attached hydrogens (primary N) is 1. The van der Waals surface area contributed by atoms with E-state index in [9.17, 15) is 4.39 Å². The van der Waals surface area contributed by atoms with Crippen LogP contribution in [-0.4, -0.2) is 4.99 Å². The lowest BCUT2D eigenvalue weighted by atomic mass is 10.1. The highest BCUT2D eigenvalue weighted by Gasteiger charge is 2.08. The molecular formula is C14H10Cl2FNOS. The molecule has 0 aliphatic heterocycles. The van der Waals surface area contributed by atoms with Crippen LogP contribution in [0.25, 0.3) is 0 Å². The summed E-state index contributed by atoms with van der Waals surface area (Å²) in [7, 11) is 0. The van der Waals surface area contributed by atoms with Gasteiger partial charge < -0.3 is 10.5 Å². The Labute approximate surface area is 131 Å². The molecule has 0 fully saturated rings. The molecule has 104 valence electrons. The molecule has 0 aromatic heterocycles. The van der Waals surface area contributed by atoms with E-state index < -0.39 is 5.82 Å². The zero-order valence-corrected chi connectivity index (χ0v) is 12.5. The largest absolute Gasteiger partial charge is 0.486 e. The fourth-order valence-electron chi connectivity index (χ4n) is 1.65. The van der Waals surface area contributed by atoms with Crippen LogP contribution in [0.15, 0.2) is 36.4 Å². The molecule has 0 amide bonds. The van der Waals surface area contributed by atoms with Crippen LogP contribution in [0.5, 0.6) is 5.75 Å². The Morgan fingerprint density at radius 2 is 1.85 bits per heavy atom. The number of hydrogen-bond donors (Lipinski definition) is 1. The van der Waals surface area contributed by atoms with Crippen LogP contribution in [0.2, 0.25) is 10.0 Å². The number of ether oxygens (including phenoxy) is 1. The summed E-state index contributed by atoms with van der Waals surface area (Å²) in [5, 5.41) is 0.784. The molecule has 6 heteroatoms. The first-order valence-electron chi connectivity index (χ1n) is 5.63. The molecule has 0 spiro atoms.